The van der Waals surface area contributed by atoms with Gasteiger partial charge in [-0.3, -0.25) is 0 Å². The van der Waals surface area contributed by atoms with Crippen molar-refractivity contribution in [2.24, 2.45) is 0 Å². The number of rotatable bonds is 0. The van der Waals surface area contributed by atoms with E-state index in [9.17, 15) is 0 Å². The molecule has 0 spiro atoms. The third kappa shape index (κ3) is 7.52. The topological polar surface area (TPSA) is 0 Å². The summed E-state index contributed by atoms with van der Waals surface area (Å²) in [7, 11) is 0. The van der Waals surface area contributed by atoms with Crippen LogP contribution in [0.1, 0.15) is 0 Å². The Hall–Kier alpha value is -0.404. The van der Waals surface area contributed by atoms with E-state index in [1.807, 2.05) is 12.8 Å². The van der Waals surface area contributed by atoms with Crippen molar-refractivity contribution >= 4 is 36.5 Å². The Bertz CT molecular complexity index is 215. The molecule has 0 atom stereocenters. The molecule has 0 unspecified atom stereocenters. The fraction of sp³-hybridized carbons (Fsp3) is 0.167. The van der Waals surface area contributed by atoms with Crippen molar-refractivity contribution in [1.82, 2.24) is 0 Å². The third-order valence-electron chi connectivity index (χ3n) is 2.10. The van der Waals surface area contributed by atoms with Crippen LogP contribution >= 0.6 is 0 Å². The summed E-state index contributed by atoms with van der Waals surface area (Å²) in [4.78, 5) is 0. The molecule has 2 aliphatic heterocycles. The van der Waals surface area contributed by atoms with Crippen LogP contribution in [0, 0.1) is 12.8 Å². The fourth-order valence-electron chi connectivity index (χ4n) is 1.21. The second-order valence-electron chi connectivity index (χ2n) is 3.64. The van der Waals surface area contributed by atoms with E-state index >= 15 is 0 Å². The summed E-state index contributed by atoms with van der Waals surface area (Å²) in [5.74, 6) is 8.67. The Labute approximate surface area is 111 Å². The van der Waals surface area contributed by atoms with Crippen molar-refractivity contribution in [1.29, 1.82) is 0 Å². The SMILES string of the molecule is CB1C=C[CH-]C=C1.CB1C=C[CH-]C=C1.[Mg+2]. The summed E-state index contributed by atoms with van der Waals surface area (Å²) >= 11 is 0. The average Bonchev–Trinajstić information content (AvgIpc) is 2.21. The molecule has 0 aromatic carbocycles. The monoisotopic (exact) mass is 206 g/mol. The predicted molar refractivity (Wildman–Crippen MR) is 74.2 cm³/mol. The summed E-state index contributed by atoms with van der Waals surface area (Å²) in [6.45, 7) is 5.62. The van der Waals surface area contributed by atoms with E-state index in [0.29, 0.717) is 13.4 Å². The van der Waals surface area contributed by atoms with E-state index < -0.39 is 0 Å². The van der Waals surface area contributed by atoms with Crippen LogP contribution in [-0.2, 0) is 0 Å². The van der Waals surface area contributed by atoms with Gasteiger partial charge >= 0.3 is 23.1 Å². The third-order valence-corrected chi connectivity index (χ3v) is 2.10. The second-order valence-corrected chi connectivity index (χ2v) is 3.64. The van der Waals surface area contributed by atoms with Crippen molar-refractivity contribution in [3.63, 3.8) is 0 Å². The molecule has 0 radical (unpaired) electrons. The van der Waals surface area contributed by atoms with Gasteiger partial charge in [0.15, 0.2) is 0 Å². The zero-order chi connectivity index (χ0) is 10.2. The molecule has 0 fully saturated rings. The summed E-state index contributed by atoms with van der Waals surface area (Å²) in [5.41, 5.74) is 0. The van der Waals surface area contributed by atoms with Crippen molar-refractivity contribution in [3.8, 4) is 0 Å². The smallest absolute Gasteiger partial charge is 0.211 e. The maximum Gasteiger partial charge on any atom is 2.00 e. The molecule has 0 bridgehead atoms. The first-order valence-corrected chi connectivity index (χ1v) is 5.15. The van der Waals surface area contributed by atoms with Crippen LogP contribution < -0.4 is 0 Å². The summed E-state index contributed by atoms with van der Waals surface area (Å²) in [5, 5.41) is 0. The molecule has 0 aromatic rings. The van der Waals surface area contributed by atoms with Gasteiger partial charge in [0.2, 0.25) is 0 Å². The molecular weight excluding hydrogens is 190 g/mol. The van der Waals surface area contributed by atoms with Crippen LogP contribution in [0.25, 0.3) is 0 Å². The largest absolute Gasteiger partial charge is 2.00 e. The molecule has 0 nitrogen and oxygen atoms in total. The number of hydrogen-bond donors (Lipinski definition) is 0. The average molecular weight is 206 g/mol. The van der Waals surface area contributed by atoms with Crippen LogP contribution in [0.15, 0.2) is 48.2 Å². The zero-order valence-electron chi connectivity index (χ0n) is 9.64. The molecule has 0 aromatic heterocycles. The van der Waals surface area contributed by atoms with Crippen molar-refractivity contribution < 1.29 is 0 Å². The summed E-state index contributed by atoms with van der Waals surface area (Å²) in [6.07, 6.45) is 12.4. The first-order chi connectivity index (χ1) is 6.79. The van der Waals surface area contributed by atoms with Gasteiger partial charge in [0.1, 0.15) is 0 Å². The molecule has 0 saturated carbocycles. The molecule has 0 N–H and O–H groups in total. The Balaban J connectivity index is 0.000000245. The van der Waals surface area contributed by atoms with Crippen LogP contribution in [-0.4, -0.2) is 36.5 Å². The van der Waals surface area contributed by atoms with Crippen LogP contribution in [0.2, 0.25) is 13.6 Å². The second kappa shape index (κ2) is 8.87. The van der Waals surface area contributed by atoms with Gasteiger partial charge < -0.3 is 0 Å². The minimum atomic E-state index is 0. The van der Waals surface area contributed by atoms with E-state index in [2.05, 4.69) is 61.9 Å². The maximum absolute atomic E-state index is 2.17. The van der Waals surface area contributed by atoms with Gasteiger partial charge in [-0.1, -0.05) is 0 Å². The number of hydrogen-bond acceptors (Lipinski definition) is 0. The van der Waals surface area contributed by atoms with E-state index in [4.69, 9.17) is 0 Å². The zero-order valence-corrected chi connectivity index (χ0v) is 11.0. The predicted octanol–water partition coefficient (Wildman–Crippen LogP) is 2.66. The van der Waals surface area contributed by atoms with Gasteiger partial charge in [-0.25, -0.2) is 23.9 Å². The molecular formula is C12H16B2Mg. The Morgan fingerprint density at radius 1 is 0.667 bits per heavy atom. The summed E-state index contributed by atoms with van der Waals surface area (Å²) in [6, 6.07) is 0. The van der Waals surface area contributed by atoms with E-state index in [0.717, 1.165) is 0 Å². The van der Waals surface area contributed by atoms with E-state index in [1.165, 1.54) is 0 Å². The molecule has 2 aliphatic rings. The van der Waals surface area contributed by atoms with Gasteiger partial charge in [0.05, 0.1) is 13.4 Å². The normalized spacial score (nSPS) is 15.9. The van der Waals surface area contributed by atoms with Gasteiger partial charge in [0.25, 0.3) is 0 Å². The van der Waals surface area contributed by atoms with Crippen molar-refractivity contribution in [2.75, 3.05) is 0 Å². The molecule has 0 aliphatic carbocycles. The minimum absolute atomic E-state index is 0. The first kappa shape index (κ1) is 14.6. The maximum atomic E-state index is 2.17. The molecule has 2 heterocycles. The molecule has 72 valence electrons. The Morgan fingerprint density at radius 3 is 1.07 bits per heavy atom. The molecule has 0 saturated heterocycles. The van der Waals surface area contributed by atoms with Crippen molar-refractivity contribution in [3.05, 3.63) is 61.0 Å². The minimum Gasteiger partial charge on any atom is -0.211 e. The molecule has 3 heteroatoms. The quantitative estimate of drug-likeness (QED) is 0.422. The van der Waals surface area contributed by atoms with Gasteiger partial charge in [-0.2, -0.15) is 37.1 Å². The van der Waals surface area contributed by atoms with Gasteiger partial charge in [-0.05, 0) is 0 Å². The molecule has 0 amide bonds. The molecule has 15 heavy (non-hydrogen) atoms. The Morgan fingerprint density at radius 2 is 0.933 bits per heavy atom. The van der Waals surface area contributed by atoms with E-state index in [-0.39, 0.29) is 23.1 Å². The van der Waals surface area contributed by atoms with Gasteiger partial charge in [-0.15, -0.1) is 13.6 Å². The van der Waals surface area contributed by atoms with E-state index in [1.54, 1.807) is 0 Å². The molecule has 2 rings (SSSR count). The Kier molecular flexibility index (Phi) is 8.63. The van der Waals surface area contributed by atoms with Crippen LogP contribution in [0.4, 0.5) is 0 Å². The number of allylic oxidation sites excluding steroid dienone is 4. The fourth-order valence-corrected chi connectivity index (χ4v) is 1.21. The van der Waals surface area contributed by atoms with Crippen LogP contribution in [0.3, 0.4) is 0 Å². The van der Waals surface area contributed by atoms with Crippen LogP contribution in [0.5, 0.6) is 0 Å². The van der Waals surface area contributed by atoms with Gasteiger partial charge in [0, 0.05) is 0 Å². The van der Waals surface area contributed by atoms with Crippen molar-refractivity contribution in [2.45, 2.75) is 13.6 Å². The standard InChI is InChI=1S/2C6H8B.Mg/c2*1-7-5-3-2-4-6-7;/h2*2-6H,1H3;/q2*-1;+2. The first-order valence-electron chi connectivity index (χ1n) is 5.15. The summed E-state index contributed by atoms with van der Waals surface area (Å²) < 4.78 is 0.